The van der Waals surface area contributed by atoms with E-state index in [9.17, 15) is 14.4 Å². The molecule has 3 aromatic rings. The van der Waals surface area contributed by atoms with Gasteiger partial charge >= 0.3 is 6.03 Å². The van der Waals surface area contributed by atoms with E-state index in [1.54, 1.807) is 18.2 Å². The summed E-state index contributed by atoms with van der Waals surface area (Å²) >= 11 is 0. The third-order valence-corrected chi connectivity index (χ3v) is 5.57. The van der Waals surface area contributed by atoms with Gasteiger partial charge in [-0.3, -0.25) is 19.4 Å². The molecule has 36 heavy (non-hydrogen) atoms. The summed E-state index contributed by atoms with van der Waals surface area (Å²) in [5.41, 5.74) is 1.87. The highest BCUT2D eigenvalue weighted by atomic mass is 16.5. The van der Waals surface area contributed by atoms with Crippen molar-refractivity contribution in [3.8, 4) is 17.6 Å². The number of ether oxygens (including phenoxy) is 2. The number of hydrogen-bond acceptors (Lipinski definition) is 6. The molecule has 8 nitrogen and oxygen atoms in total. The molecular weight excluding hydrogens is 458 g/mol. The summed E-state index contributed by atoms with van der Waals surface area (Å²) < 4.78 is 10.7. The molecule has 1 heterocycles. The van der Waals surface area contributed by atoms with Crippen LogP contribution in [-0.4, -0.2) is 41.4 Å². The average molecular weight is 482 g/mol. The number of carbonyl (C=O) groups is 3. The fraction of sp³-hybridized carbons (Fsp3) is 0.143. The summed E-state index contributed by atoms with van der Waals surface area (Å²) in [7, 11) is 1.45. The fourth-order valence-corrected chi connectivity index (χ4v) is 3.81. The van der Waals surface area contributed by atoms with E-state index < -0.39 is 17.8 Å². The van der Waals surface area contributed by atoms with Gasteiger partial charge in [0, 0.05) is 0 Å². The standard InChI is InChI=1S/C28H23N3O5/c1-35-25-17-22(12-13-24(25)36-15-14-29)16-23-26(32)30(18-20-8-4-2-5-9-20)28(34)31(27(23)33)19-21-10-6-3-7-11-21/h2-13,16-17H,15,18-19H2,1H3. The van der Waals surface area contributed by atoms with E-state index in [1.807, 2.05) is 66.7 Å². The zero-order valence-electron chi connectivity index (χ0n) is 19.6. The molecule has 0 unspecified atom stereocenters. The number of barbiturate groups is 1. The molecule has 0 aliphatic carbocycles. The van der Waals surface area contributed by atoms with Crippen LogP contribution in [-0.2, 0) is 22.7 Å². The number of nitrogens with zero attached hydrogens (tertiary/aromatic N) is 3. The Balaban J connectivity index is 1.72. The molecule has 0 saturated carbocycles. The number of carbonyl (C=O) groups excluding carboxylic acids is 3. The molecule has 0 spiro atoms. The predicted molar refractivity (Wildman–Crippen MR) is 131 cm³/mol. The Kier molecular flexibility index (Phi) is 7.42. The lowest BCUT2D eigenvalue weighted by Gasteiger charge is -2.34. The molecule has 1 fully saturated rings. The van der Waals surface area contributed by atoms with Crippen LogP contribution in [0.5, 0.6) is 11.5 Å². The van der Waals surface area contributed by atoms with Crippen molar-refractivity contribution in [2.45, 2.75) is 13.1 Å². The number of methoxy groups -OCH3 is 1. The molecule has 0 bridgehead atoms. The lowest BCUT2D eigenvalue weighted by atomic mass is 10.0. The van der Waals surface area contributed by atoms with Gasteiger partial charge in [-0.25, -0.2) is 4.79 Å². The van der Waals surface area contributed by atoms with Crippen molar-refractivity contribution in [1.82, 2.24) is 9.80 Å². The van der Waals surface area contributed by atoms with Crippen molar-refractivity contribution >= 4 is 23.9 Å². The first-order valence-electron chi connectivity index (χ1n) is 11.2. The summed E-state index contributed by atoms with van der Waals surface area (Å²) in [6.45, 7) is -0.101. The van der Waals surface area contributed by atoms with Crippen LogP contribution in [0.4, 0.5) is 4.79 Å². The SMILES string of the molecule is COc1cc(C=C2C(=O)N(Cc3ccccc3)C(=O)N(Cc3ccccc3)C2=O)ccc1OCC#N. The number of nitriles is 1. The van der Waals surface area contributed by atoms with E-state index in [1.165, 1.54) is 13.2 Å². The van der Waals surface area contributed by atoms with Gasteiger partial charge in [0.05, 0.1) is 20.2 Å². The molecule has 4 amide bonds. The minimum Gasteiger partial charge on any atom is -0.493 e. The van der Waals surface area contributed by atoms with Crippen LogP contribution < -0.4 is 9.47 Å². The third kappa shape index (κ3) is 5.26. The van der Waals surface area contributed by atoms with Gasteiger partial charge in [-0.15, -0.1) is 0 Å². The van der Waals surface area contributed by atoms with E-state index >= 15 is 0 Å². The predicted octanol–water partition coefficient (Wildman–Crippen LogP) is 4.17. The Morgan fingerprint density at radius 1 is 0.806 bits per heavy atom. The van der Waals surface area contributed by atoms with Crippen LogP contribution in [0.15, 0.2) is 84.4 Å². The topological polar surface area (TPSA) is 99.9 Å². The summed E-state index contributed by atoms with van der Waals surface area (Å²) in [4.78, 5) is 42.3. The molecular formula is C28H23N3O5. The Morgan fingerprint density at radius 2 is 1.36 bits per heavy atom. The van der Waals surface area contributed by atoms with Gasteiger partial charge in [0.25, 0.3) is 11.8 Å². The van der Waals surface area contributed by atoms with Crippen LogP contribution in [0.2, 0.25) is 0 Å². The molecule has 0 radical (unpaired) electrons. The van der Waals surface area contributed by atoms with Gasteiger partial charge in [-0.05, 0) is 34.9 Å². The zero-order chi connectivity index (χ0) is 25.5. The smallest absolute Gasteiger partial charge is 0.334 e. The molecule has 0 aromatic heterocycles. The van der Waals surface area contributed by atoms with E-state index in [0.29, 0.717) is 17.1 Å². The van der Waals surface area contributed by atoms with Gasteiger partial charge in [0.1, 0.15) is 11.6 Å². The summed E-state index contributed by atoms with van der Waals surface area (Å²) in [6.07, 6.45) is 1.43. The quantitative estimate of drug-likeness (QED) is 0.354. The molecule has 8 heteroatoms. The molecule has 1 aliphatic heterocycles. The molecule has 0 atom stereocenters. The van der Waals surface area contributed by atoms with Gasteiger partial charge < -0.3 is 9.47 Å². The lowest BCUT2D eigenvalue weighted by molar-refractivity contribution is -0.136. The van der Waals surface area contributed by atoms with Crippen molar-refractivity contribution in [2.75, 3.05) is 13.7 Å². The van der Waals surface area contributed by atoms with Crippen molar-refractivity contribution in [3.63, 3.8) is 0 Å². The maximum Gasteiger partial charge on any atom is 0.334 e. The Morgan fingerprint density at radius 3 is 1.86 bits per heavy atom. The summed E-state index contributed by atoms with van der Waals surface area (Å²) in [5.74, 6) is -0.661. The normalized spacial score (nSPS) is 13.4. The van der Waals surface area contributed by atoms with Gasteiger partial charge in [0.2, 0.25) is 0 Å². The van der Waals surface area contributed by atoms with Crippen molar-refractivity contribution < 1.29 is 23.9 Å². The number of urea groups is 1. The van der Waals surface area contributed by atoms with Gasteiger partial charge in [0.15, 0.2) is 18.1 Å². The maximum absolute atomic E-state index is 13.4. The monoisotopic (exact) mass is 481 g/mol. The van der Waals surface area contributed by atoms with E-state index in [4.69, 9.17) is 14.7 Å². The second-order valence-corrected chi connectivity index (χ2v) is 7.95. The minimum absolute atomic E-state index is 0.0265. The van der Waals surface area contributed by atoms with Gasteiger partial charge in [-0.1, -0.05) is 66.7 Å². The second kappa shape index (κ2) is 11.0. The second-order valence-electron chi connectivity index (χ2n) is 7.95. The highest BCUT2D eigenvalue weighted by Crippen LogP contribution is 2.30. The number of hydrogen-bond donors (Lipinski definition) is 0. The molecule has 0 N–H and O–H groups in total. The molecule has 180 valence electrons. The average Bonchev–Trinajstić information content (AvgIpc) is 2.91. The molecule has 1 aliphatic rings. The maximum atomic E-state index is 13.4. The van der Waals surface area contributed by atoms with Crippen LogP contribution in [0.3, 0.4) is 0 Å². The summed E-state index contributed by atoms with van der Waals surface area (Å²) in [5, 5.41) is 8.77. The zero-order valence-corrected chi connectivity index (χ0v) is 19.6. The van der Waals surface area contributed by atoms with Gasteiger partial charge in [-0.2, -0.15) is 5.26 Å². The first-order valence-corrected chi connectivity index (χ1v) is 11.2. The van der Waals surface area contributed by atoms with Crippen molar-refractivity contribution in [2.24, 2.45) is 0 Å². The molecule has 3 aromatic carbocycles. The number of amides is 4. The largest absolute Gasteiger partial charge is 0.493 e. The van der Waals surface area contributed by atoms with Crippen LogP contribution in [0.25, 0.3) is 6.08 Å². The fourth-order valence-electron chi connectivity index (χ4n) is 3.81. The Labute approximate surface area is 208 Å². The minimum atomic E-state index is -0.679. The molecule has 1 saturated heterocycles. The molecule has 4 rings (SSSR count). The third-order valence-electron chi connectivity index (χ3n) is 5.57. The van der Waals surface area contributed by atoms with Crippen molar-refractivity contribution in [1.29, 1.82) is 5.26 Å². The van der Waals surface area contributed by atoms with Crippen LogP contribution >= 0.6 is 0 Å². The Bertz CT molecular complexity index is 1280. The van der Waals surface area contributed by atoms with Crippen molar-refractivity contribution in [3.05, 3.63) is 101 Å². The Hall–Kier alpha value is -4.90. The van der Waals surface area contributed by atoms with Crippen LogP contribution in [0.1, 0.15) is 16.7 Å². The highest BCUT2D eigenvalue weighted by molar-refractivity contribution is 6.30. The van der Waals surface area contributed by atoms with E-state index in [0.717, 1.165) is 20.9 Å². The van der Waals surface area contributed by atoms with Crippen LogP contribution in [0, 0.1) is 11.3 Å². The summed E-state index contributed by atoms with van der Waals surface area (Å²) in [6, 6.07) is 24.3. The van der Waals surface area contributed by atoms with E-state index in [-0.39, 0.29) is 25.3 Å². The number of rotatable bonds is 8. The highest BCUT2D eigenvalue weighted by Gasteiger charge is 2.42. The number of benzene rings is 3. The van der Waals surface area contributed by atoms with E-state index in [2.05, 4.69) is 0 Å². The number of imide groups is 2. The first kappa shape index (κ1) is 24.2. The lowest BCUT2D eigenvalue weighted by Crippen LogP contribution is -2.55. The first-order chi connectivity index (χ1) is 17.5.